The highest BCUT2D eigenvalue weighted by Crippen LogP contribution is 2.40. The van der Waals surface area contributed by atoms with Crippen LogP contribution in [0.15, 0.2) is 35.9 Å². The summed E-state index contributed by atoms with van der Waals surface area (Å²) >= 11 is 0. The van der Waals surface area contributed by atoms with Crippen molar-refractivity contribution in [3.8, 4) is 5.75 Å². The molecule has 0 amide bonds. The average molecular weight is 260 g/mol. The van der Waals surface area contributed by atoms with Gasteiger partial charge in [0.05, 0.1) is 12.2 Å². The van der Waals surface area contributed by atoms with Gasteiger partial charge < -0.3 is 14.6 Å². The first-order valence-corrected chi connectivity index (χ1v) is 6.32. The molecule has 2 aliphatic rings. The Morgan fingerprint density at radius 1 is 1.37 bits per heavy atom. The van der Waals surface area contributed by atoms with Gasteiger partial charge in [-0.3, -0.25) is 4.79 Å². The molecular weight excluding hydrogens is 244 g/mol. The van der Waals surface area contributed by atoms with Crippen molar-refractivity contribution in [1.82, 2.24) is 0 Å². The molecule has 0 fully saturated rings. The Hall–Kier alpha value is -1.65. The van der Waals surface area contributed by atoms with Gasteiger partial charge in [0.2, 0.25) is 6.29 Å². The number of aliphatic hydroxyl groups is 1. The van der Waals surface area contributed by atoms with E-state index in [4.69, 9.17) is 9.47 Å². The molecule has 1 aromatic carbocycles. The molecule has 3 atom stereocenters. The fourth-order valence-corrected chi connectivity index (χ4v) is 2.72. The van der Waals surface area contributed by atoms with E-state index in [9.17, 15) is 9.90 Å². The Kier molecular flexibility index (Phi) is 2.73. The number of fused-ring (bicyclic) bond motifs is 2. The third-order valence-electron chi connectivity index (χ3n) is 3.67. The Balaban J connectivity index is 2.05. The van der Waals surface area contributed by atoms with Crippen molar-refractivity contribution in [3.63, 3.8) is 0 Å². The van der Waals surface area contributed by atoms with E-state index in [1.165, 1.54) is 0 Å². The number of carbonyl (C=O) groups is 1. The van der Waals surface area contributed by atoms with Crippen molar-refractivity contribution in [2.75, 3.05) is 6.61 Å². The van der Waals surface area contributed by atoms with E-state index < -0.39 is 17.8 Å². The lowest BCUT2D eigenvalue weighted by atomic mass is 9.83. The zero-order chi connectivity index (χ0) is 13.6. The van der Waals surface area contributed by atoms with Crippen molar-refractivity contribution in [3.05, 3.63) is 41.5 Å². The number of hydrogen-bond donors (Lipinski definition) is 1. The lowest BCUT2D eigenvalue weighted by Crippen LogP contribution is -2.50. The van der Waals surface area contributed by atoms with Gasteiger partial charge in [0.1, 0.15) is 17.3 Å². The Morgan fingerprint density at radius 3 is 2.84 bits per heavy atom. The summed E-state index contributed by atoms with van der Waals surface area (Å²) in [5.74, 6) is 0.138. The summed E-state index contributed by atoms with van der Waals surface area (Å²) in [5, 5.41) is 9.41. The van der Waals surface area contributed by atoms with Crippen molar-refractivity contribution >= 4 is 5.78 Å². The summed E-state index contributed by atoms with van der Waals surface area (Å²) in [6.45, 7) is 3.51. The summed E-state index contributed by atoms with van der Waals surface area (Å²) in [4.78, 5) is 12.5. The standard InChI is InChI=1S/C15H16O4/c1-9-7-15(2,8-16)19-14-12(9)13(17)10-5-3-4-6-11(10)18-14/h3-7,12,14,16H,8H2,1-2H3. The summed E-state index contributed by atoms with van der Waals surface area (Å²) in [5.41, 5.74) is 0.678. The summed E-state index contributed by atoms with van der Waals surface area (Å²) in [7, 11) is 0. The molecule has 19 heavy (non-hydrogen) atoms. The predicted molar refractivity (Wildman–Crippen MR) is 69.0 cm³/mol. The van der Waals surface area contributed by atoms with Crippen LogP contribution in [0, 0.1) is 5.92 Å². The fourth-order valence-electron chi connectivity index (χ4n) is 2.72. The monoisotopic (exact) mass is 260 g/mol. The topological polar surface area (TPSA) is 55.8 Å². The molecule has 0 aromatic heterocycles. The number of rotatable bonds is 1. The Labute approximate surface area is 111 Å². The molecule has 0 spiro atoms. The van der Waals surface area contributed by atoms with Crippen LogP contribution in [-0.4, -0.2) is 29.4 Å². The lowest BCUT2D eigenvalue weighted by Gasteiger charge is -2.41. The number of Topliss-reactive ketones (excluding diaryl/α,β-unsaturated/α-hetero) is 1. The molecule has 3 unspecified atom stereocenters. The van der Waals surface area contributed by atoms with Crippen LogP contribution in [0.4, 0.5) is 0 Å². The van der Waals surface area contributed by atoms with Crippen LogP contribution >= 0.6 is 0 Å². The first-order valence-electron chi connectivity index (χ1n) is 6.32. The minimum atomic E-state index is -0.794. The van der Waals surface area contributed by atoms with Gasteiger partial charge in [-0.2, -0.15) is 0 Å². The average Bonchev–Trinajstić information content (AvgIpc) is 2.38. The van der Waals surface area contributed by atoms with Crippen molar-refractivity contribution < 1.29 is 19.4 Å². The SMILES string of the molecule is CC1=CC(C)(CO)OC2Oc3ccccc3C(=O)C12. The highest BCUT2D eigenvalue weighted by atomic mass is 16.7. The van der Waals surface area contributed by atoms with E-state index in [2.05, 4.69) is 0 Å². The van der Waals surface area contributed by atoms with Crippen LogP contribution in [0.2, 0.25) is 0 Å². The number of hydrogen-bond acceptors (Lipinski definition) is 4. The normalized spacial score (nSPS) is 33.0. The van der Waals surface area contributed by atoms with E-state index >= 15 is 0 Å². The molecule has 100 valence electrons. The van der Waals surface area contributed by atoms with E-state index in [1.54, 1.807) is 19.1 Å². The molecule has 1 aromatic rings. The largest absolute Gasteiger partial charge is 0.463 e. The Bertz CT molecular complexity index is 563. The molecule has 4 nitrogen and oxygen atoms in total. The molecule has 0 aliphatic carbocycles. The van der Waals surface area contributed by atoms with E-state index in [0.717, 1.165) is 5.57 Å². The van der Waals surface area contributed by atoms with Gasteiger partial charge in [-0.15, -0.1) is 0 Å². The van der Waals surface area contributed by atoms with Gasteiger partial charge >= 0.3 is 0 Å². The number of aliphatic hydroxyl groups excluding tert-OH is 1. The van der Waals surface area contributed by atoms with Crippen molar-refractivity contribution in [2.45, 2.75) is 25.7 Å². The van der Waals surface area contributed by atoms with Gasteiger partial charge in [-0.1, -0.05) is 23.8 Å². The maximum Gasteiger partial charge on any atom is 0.214 e. The van der Waals surface area contributed by atoms with Crippen LogP contribution in [0.5, 0.6) is 5.75 Å². The highest BCUT2D eigenvalue weighted by molar-refractivity contribution is 6.03. The number of ketones is 1. The van der Waals surface area contributed by atoms with Crippen LogP contribution < -0.4 is 4.74 Å². The molecule has 0 bridgehead atoms. The number of para-hydroxylation sites is 1. The first kappa shape index (κ1) is 12.4. The van der Waals surface area contributed by atoms with Gasteiger partial charge in [0.25, 0.3) is 0 Å². The zero-order valence-corrected chi connectivity index (χ0v) is 10.9. The van der Waals surface area contributed by atoms with Crippen LogP contribution in [0.1, 0.15) is 24.2 Å². The maximum absolute atomic E-state index is 12.5. The van der Waals surface area contributed by atoms with E-state index in [0.29, 0.717) is 11.3 Å². The van der Waals surface area contributed by atoms with E-state index in [1.807, 2.05) is 25.1 Å². The van der Waals surface area contributed by atoms with Crippen molar-refractivity contribution in [1.29, 1.82) is 0 Å². The second kappa shape index (κ2) is 4.18. The second-order valence-corrected chi connectivity index (χ2v) is 5.30. The van der Waals surface area contributed by atoms with Crippen LogP contribution in [-0.2, 0) is 4.74 Å². The van der Waals surface area contributed by atoms with Crippen LogP contribution in [0.3, 0.4) is 0 Å². The Morgan fingerprint density at radius 2 is 2.11 bits per heavy atom. The van der Waals surface area contributed by atoms with Crippen molar-refractivity contribution in [2.24, 2.45) is 5.92 Å². The van der Waals surface area contributed by atoms with Gasteiger partial charge in [0, 0.05) is 0 Å². The molecular formula is C15H16O4. The van der Waals surface area contributed by atoms with Gasteiger partial charge in [-0.05, 0) is 26.0 Å². The first-order chi connectivity index (χ1) is 9.04. The molecule has 0 saturated heterocycles. The molecule has 1 N–H and O–H groups in total. The smallest absolute Gasteiger partial charge is 0.214 e. The van der Waals surface area contributed by atoms with Gasteiger partial charge in [-0.25, -0.2) is 0 Å². The second-order valence-electron chi connectivity index (χ2n) is 5.30. The third kappa shape index (κ3) is 1.88. The minimum absolute atomic E-state index is 0.0144. The lowest BCUT2D eigenvalue weighted by molar-refractivity contribution is -0.182. The maximum atomic E-state index is 12.5. The molecule has 2 heterocycles. The molecule has 2 aliphatic heterocycles. The third-order valence-corrected chi connectivity index (χ3v) is 3.67. The molecule has 0 saturated carbocycles. The predicted octanol–water partition coefficient (Wildman–Crippen LogP) is 1.93. The highest BCUT2D eigenvalue weighted by Gasteiger charge is 2.45. The summed E-state index contributed by atoms with van der Waals surface area (Å²) in [6.07, 6.45) is 1.15. The minimum Gasteiger partial charge on any atom is -0.463 e. The molecule has 0 radical (unpaired) electrons. The zero-order valence-electron chi connectivity index (χ0n) is 10.9. The molecule has 3 rings (SSSR count). The quantitative estimate of drug-likeness (QED) is 0.784. The van der Waals surface area contributed by atoms with E-state index in [-0.39, 0.29) is 12.4 Å². The fraction of sp³-hybridized carbons (Fsp3) is 0.400. The number of benzene rings is 1. The molecule has 4 heteroatoms. The number of carbonyl (C=O) groups excluding carboxylic acids is 1. The van der Waals surface area contributed by atoms with Crippen LogP contribution in [0.25, 0.3) is 0 Å². The van der Waals surface area contributed by atoms with Gasteiger partial charge in [0.15, 0.2) is 5.78 Å². The number of ether oxygens (including phenoxy) is 2. The summed E-state index contributed by atoms with van der Waals surface area (Å²) in [6, 6.07) is 7.17. The summed E-state index contributed by atoms with van der Waals surface area (Å²) < 4.78 is 11.5.